The lowest BCUT2D eigenvalue weighted by Crippen LogP contribution is -2.35. The number of aromatic amines is 2. The monoisotopic (exact) mass is 300 g/mol. The van der Waals surface area contributed by atoms with Crippen molar-refractivity contribution in [3.8, 4) is 0 Å². The Morgan fingerprint density at radius 2 is 2.19 bits per heavy atom. The van der Waals surface area contributed by atoms with Crippen LogP contribution in [0.2, 0.25) is 5.02 Å². The first-order valence-electron chi connectivity index (χ1n) is 6.86. The number of hydrogen-bond acceptors (Lipinski definition) is 2. The van der Waals surface area contributed by atoms with Crippen LogP contribution in [0.1, 0.15) is 22.6 Å². The molecule has 0 saturated carbocycles. The Bertz CT molecular complexity index is 835. The van der Waals surface area contributed by atoms with Crippen molar-refractivity contribution in [1.29, 1.82) is 0 Å². The molecular formula is C15H13ClN4O. The van der Waals surface area contributed by atoms with Crippen molar-refractivity contribution in [2.24, 2.45) is 0 Å². The molecule has 1 aromatic carbocycles. The number of carbonyl (C=O) groups is 1. The number of aromatic nitrogens is 3. The third-order valence-corrected chi connectivity index (χ3v) is 4.29. The Labute approximate surface area is 125 Å². The lowest BCUT2D eigenvalue weighted by Gasteiger charge is -2.25. The van der Waals surface area contributed by atoms with Crippen LogP contribution in [0.4, 0.5) is 5.69 Å². The molecule has 1 aliphatic rings. The number of halogens is 1. The fourth-order valence-corrected chi connectivity index (χ4v) is 3.15. The van der Waals surface area contributed by atoms with E-state index in [1.54, 1.807) is 11.1 Å². The maximum atomic E-state index is 12.8. The van der Waals surface area contributed by atoms with Gasteiger partial charge in [0.05, 0.1) is 22.6 Å². The molecule has 6 heteroatoms. The normalized spacial score (nSPS) is 14.4. The fraction of sp³-hybridized carbons (Fsp3) is 0.200. The number of carbonyl (C=O) groups excluding carboxylic acids is 1. The molecule has 0 radical (unpaired) electrons. The van der Waals surface area contributed by atoms with E-state index in [0.29, 0.717) is 17.3 Å². The summed E-state index contributed by atoms with van der Waals surface area (Å²) >= 11 is 6.37. The van der Waals surface area contributed by atoms with Gasteiger partial charge >= 0.3 is 0 Å². The highest BCUT2D eigenvalue weighted by Gasteiger charge is 2.28. The van der Waals surface area contributed by atoms with Crippen molar-refractivity contribution >= 4 is 34.1 Å². The Kier molecular flexibility index (Phi) is 2.75. The van der Waals surface area contributed by atoms with Crippen molar-refractivity contribution in [3.05, 3.63) is 46.9 Å². The predicted molar refractivity (Wildman–Crippen MR) is 81.9 cm³/mol. The molecule has 0 aliphatic carbocycles. The molecule has 4 rings (SSSR count). The van der Waals surface area contributed by atoms with Gasteiger partial charge in [-0.3, -0.25) is 9.89 Å². The van der Waals surface area contributed by atoms with Crippen molar-refractivity contribution in [2.75, 3.05) is 11.4 Å². The summed E-state index contributed by atoms with van der Waals surface area (Å²) in [5.74, 6) is -0.112. The third kappa shape index (κ3) is 1.85. The number of benzene rings is 1. The lowest BCUT2D eigenvalue weighted by molar-refractivity contribution is 0.0981. The molecule has 0 fully saturated rings. The summed E-state index contributed by atoms with van der Waals surface area (Å²) in [6, 6.07) is 7.64. The molecule has 3 heterocycles. The maximum Gasteiger partial charge on any atom is 0.276 e. The van der Waals surface area contributed by atoms with Crippen LogP contribution in [0, 0.1) is 0 Å². The van der Waals surface area contributed by atoms with Gasteiger partial charge in [0.25, 0.3) is 5.91 Å². The van der Waals surface area contributed by atoms with Gasteiger partial charge in [-0.2, -0.15) is 5.10 Å². The van der Waals surface area contributed by atoms with Crippen LogP contribution in [-0.2, 0) is 6.42 Å². The minimum Gasteiger partial charge on any atom is -0.349 e. The second kappa shape index (κ2) is 4.63. The van der Waals surface area contributed by atoms with E-state index in [1.165, 1.54) is 0 Å². The molecule has 2 N–H and O–H groups in total. The van der Waals surface area contributed by atoms with Crippen molar-refractivity contribution < 1.29 is 4.79 Å². The van der Waals surface area contributed by atoms with Gasteiger partial charge in [-0.1, -0.05) is 29.8 Å². The van der Waals surface area contributed by atoms with Crippen LogP contribution in [-0.4, -0.2) is 27.6 Å². The number of hydrogen-bond donors (Lipinski definition) is 2. The number of fused-ring (bicyclic) bond motifs is 2. The number of aryl methyl sites for hydroxylation is 1. The Morgan fingerprint density at radius 1 is 1.33 bits per heavy atom. The van der Waals surface area contributed by atoms with Gasteiger partial charge in [-0.25, -0.2) is 0 Å². The number of rotatable bonds is 1. The molecule has 0 spiro atoms. The van der Waals surface area contributed by atoms with Gasteiger partial charge < -0.3 is 9.88 Å². The zero-order valence-corrected chi connectivity index (χ0v) is 11.9. The summed E-state index contributed by atoms with van der Waals surface area (Å²) in [6.45, 7) is 0.678. The van der Waals surface area contributed by atoms with E-state index in [0.717, 1.165) is 35.1 Å². The largest absolute Gasteiger partial charge is 0.349 e. The van der Waals surface area contributed by atoms with E-state index < -0.39 is 0 Å². The van der Waals surface area contributed by atoms with Gasteiger partial charge in [0.1, 0.15) is 5.69 Å². The maximum absolute atomic E-state index is 12.8. The summed E-state index contributed by atoms with van der Waals surface area (Å²) in [4.78, 5) is 17.7. The topological polar surface area (TPSA) is 64.8 Å². The van der Waals surface area contributed by atoms with Crippen LogP contribution >= 0.6 is 11.6 Å². The van der Waals surface area contributed by atoms with Crippen molar-refractivity contribution in [2.45, 2.75) is 12.8 Å². The molecule has 0 unspecified atom stereocenters. The lowest BCUT2D eigenvalue weighted by atomic mass is 10.1. The van der Waals surface area contributed by atoms with Crippen LogP contribution in [0.5, 0.6) is 0 Å². The first kappa shape index (κ1) is 12.5. The first-order chi connectivity index (χ1) is 10.3. The molecular weight excluding hydrogens is 288 g/mol. The third-order valence-electron chi connectivity index (χ3n) is 3.90. The SMILES string of the molecule is O=C(c1[nH]c2ccccc2c1Cl)N1CCCc2[nH]ncc21. The first-order valence-corrected chi connectivity index (χ1v) is 7.24. The molecule has 3 aromatic rings. The molecule has 0 bridgehead atoms. The summed E-state index contributed by atoms with van der Waals surface area (Å²) in [7, 11) is 0. The van der Waals surface area contributed by atoms with E-state index in [1.807, 2.05) is 24.3 Å². The number of H-pyrrole nitrogens is 2. The molecule has 2 aromatic heterocycles. The molecule has 21 heavy (non-hydrogen) atoms. The van der Waals surface area contributed by atoms with E-state index in [9.17, 15) is 4.79 Å². The zero-order valence-electron chi connectivity index (χ0n) is 11.2. The van der Waals surface area contributed by atoms with Gasteiger partial charge in [0.2, 0.25) is 0 Å². The van der Waals surface area contributed by atoms with E-state index in [2.05, 4.69) is 15.2 Å². The van der Waals surface area contributed by atoms with Crippen LogP contribution in [0.3, 0.4) is 0 Å². The number of para-hydroxylation sites is 1. The molecule has 1 aliphatic heterocycles. The highest BCUT2D eigenvalue weighted by atomic mass is 35.5. The van der Waals surface area contributed by atoms with Crippen LogP contribution < -0.4 is 4.90 Å². The standard InChI is InChI=1S/C15H13ClN4O/c16-13-9-4-1-2-5-10(9)18-14(13)15(21)20-7-3-6-11-12(20)8-17-19-11/h1-2,4-5,8,18H,3,6-7H2,(H,17,19). The summed E-state index contributed by atoms with van der Waals surface area (Å²) < 4.78 is 0. The van der Waals surface area contributed by atoms with E-state index in [4.69, 9.17) is 11.6 Å². The zero-order chi connectivity index (χ0) is 14.4. The highest BCUT2D eigenvalue weighted by molar-refractivity contribution is 6.39. The highest BCUT2D eigenvalue weighted by Crippen LogP contribution is 2.31. The summed E-state index contributed by atoms with van der Waals surface area (Å²) in [6.07, 6.45) is 3.53. The molecule has 5 nitrogen and oxygen atoms in total. The minimum absolute atomic E-state index is 0.112. The fourth-order valence-electron chi connectivity index (χ4n) is 2.86. The number of nitrogens with one attached hydrogen (secondary N) is 2. The van der Waals surface area contributed by atoms with Crippen LogP contribution in [0.15, 0.2) is 30.5 Å². The van der Waals surface area contributed by atoms with Gasteiger partial charge in [0, 0.05) is 17.4 Å². The molecule has 0 atom stereocenters. The van der Waals surface area contributed by atoms with E-state index >= 15 is 0 Å². The van der Waals surface area contributed by atoms with Gasteiger partial charge in [0.15, 0.2) is 0 Å². The Hall–Kier alpha value is -2.27. The smallest absolute Gasteiger partial charge is 0.276 e. The molecule has 106 valence electrons. The van der Waals surface area contributed by atoms with Crippen molar-refractivity contribution in [3.63, 3.8) is 0 Å². The average Bonchev–Trinajstić information content (AvgIpc) is 3.11. The summed E-state index contributed by atoms with van der Waals surface area (Å²) in [5, 5.41) is 8.33. The van der Waals surface area contributed by atoms with Gasteiger partial charge in [-0.15, -0.1) is 0 Å². The molecule has 0 saturated heterocycles. The van der Waals surface area contributed by atoms with Crippen LogP contribution in [0.25, 0.3) is 10.9 Å². The van der Waals surface area contributed by atoms with E-state index in [-0.39, 0.29) is 5.91 Å². The Balaban J connectivity index is 1.80. The quantitative estimate of drug-likeness (QED) is 0.725. The average molecular weight is 301 g/mol. The second-order valence-electron chi connectivity index (χ2n) is 5.15. The Morgan fingerprint density at radius 3 is 3.05 bits per heavy atom. The predicted octanol–water partition coefficient (Wildman–Crippen LogP) is 3.14. The summed E-state index contributed by atoms with van der Waals surface area (Å²) in [5.41, 5.74) is 3.16. The molecule has 1 amide bonds. The second-order valence-corrected chi connectivity index (χ2v) is 5.53. The van der Waals surface area contributed by atoms with Crippen molar-refractivity contribution in [1.82, 2.24) is 15.2 Å². The number of nitrogens with zero attached hydrogens (tertiary/aromatic N) is 2. The number of anilines is 1. The minimum atomic E-state index is -0.112. The number of amides is 1. The van der Waals surface area contributed by atoms with Gasteiger partial charge in [-0.05, 0) is 18.9 Å².